The average molecular weight is 747 g/mol. The van der Waals surface area contributed by atoms with E-state index in [9.17, 15) is 19.5 Å². The monoisotopic (exact) mass is 745 g/mol. The quantitative estimate of drug-likeness (QED) is 0.342. The minimum absolute atomic E-state index is 0.0625. The number of aromatic nitrogens is 2. The molecule has 1 unspecified atom stereocenters. The summed E-state index contributed by atoms with van der Waals surface area (Å²) in [5.41, 5.74) is 5.07. The van der Waals surface area contributed by atoms with Crippen molar-refractivity contribution in [2.45, 2.75) is 69.1 Å². The highest BCUT2D eigenvalue weighted by Crippen LogP contribution is 2.43. The number of aliphatic hydroxyl groups is 1. The van der Waals surface area contributed by atoms with Gasteiger partial charge in [0.15, 0.2) is 0 Å². The molecular formula is C38H48BrN7O4. The molecule has 12 heteroatoms. The second-order valence-corrected chi connectivity index (χ2v) is 15.7. The third-order valence-electron chi connectivity index (χ3n) is 11.7. The number of carbonyl (C=O) groups is 2. The van der Waals surface area contributed by atoms with E-state index in [1.165, 1.54) is 15.9 Å². The van der Waals surface area contributed by atoms with Crippen LogP contribution in [0.5, 0.6) is 0 Å². The molecule has 2 aromatic carbocycles. The molecule has 4 fully saturated rings. The number of likely N-dealkylation sites (N-methyl/N-ethyl adjacent to an activating group) is 1. The Morgan fingerprint density at radius 3 is 2.28 bits per heavy atom. The molecule has 2 amide bonds. The molecule has 0 aliphatic carbocycles. The summed E-state index contributed by atoms with van der Waals surface area (Å²) in [7, 11) is 3.76. The SMILES string of the molecule is CN1C[C@@H](Nc2cnn(C)c(=O)c2Br)C[C@@H](c2ccc(C(=O)N3CCC4(CC3)CCN(c3ccc([C@@H]5CCC(=O)NC5O)cc3)CC4)cc2)C1. The maximum atomic E-state index is 13.6. The fourth-order valence-electron chi connectivity index (χ4n) is 8.56. The normalized spacial score (nSPS) is 25.7. The van der Waals surface area contributed by atoms with Crippen molar-refractivity contribution in [3.63, 3.8) is 0 Å². The van der Waals surface area contributed by atoms with Gasteiger partial charge in [0, 0.05) is 75.9 Å². The molecule has 3 N–H and O–H groups in total. The van der Waals surface area contributed by atoms with E-state index in [0.717, 1.165) is 82.5 Å². The van der Waals surface area contributed by atoms with Crippen molar-refractivity contribution in [1.29, 1.82) is 0 Å². The lowest BCUT2D eigenvalue weighted by Crippen LogP contribution is -2.48. The molecule has 1 spiro atoms. The number of nitrogens with one attached hydrogen (secondary N) is 2. The van der Waals surface area contributed by atoms with Gasteiger partial charge in [0.25, 0.3) is 11.5 Å². The maximum absolute atomic E-state index is 13.6. The van der Waals surface area contributed by atoms with Crippen LogP contribution in [0.4, 0.5) is 11.4 Å². The van der Waals surface area contributed by atoms with Gasteiger partial charge in [-0.15, -0.1) is 0 Å². The Morgan fingerprint density at radius 1 is 0.940 bits per heavy atom. The van der Waals surface area contributed by atoms with Crippen LogP contribution in [0.2, 0.25) is 0 Å². The smallest absolute Gasteiger partial charge is 0.282 e. The van der Waals surface area contributed by atoms with Gasteiger partial charge in [-0.05, 0) is 108 Å². The van der Waals surface area contributed by atoms with Crippen LogP contribution >= 0.6 is 15.9 Å². The Labute approximate surface area is 302 Å². The topological polar surface area (TPSA) is 123 Å². The highest BCUT2D eigenvalue weighted by molar-refractivity contribution is 9.10. The second kappa shape index (κ2) is 14.5. The highest BCUT2D eigenvalue weighted by atomic mass is 79.9. The molecule has 11 nitrogen and oxygen atoms in total. The van der Waals surface area contributed by atoms with Crippen molar-refractivity contribution in [2.24, 2.45) is 12.5 Å². The Hall–Kier alpha value is -3.74. The number of amides is 2. The second-order valence-electron chi connectivity index (χ2n) is 14.9. The zero-order valence-electron chi connectivity index (χ0n) is 29.0. The van der Waals surface area contributed by atoms with Gasteiger partial charge in [-0.1, -0.05) is 24.3 Å². The van der Waals surface area contributed by atoms with Crippen LogP contribution in [0, 0.1) is 5.41 Å². The number of aliphatic hydroxyl groups excluding tert-OH is 1. The first-order valence-corrected chi connectivity index (χ1v) is 18.8. The third-order valence-corrected chi connectivity index (χ3v) is 12.5. The number of benzene rings is 2. The molecule has 4 aliphatic heterocycles. The number of halogens is 1. The largest absolute Gasteiger partial charge is 0.379 e. The van der Waals surface area contributed by atoms with Gasteiger partial charge in [0.05, 0.1) is 11.9 Å². The van der Waals surface area contributed by atoms with Gasteiger partial charge in [-0.25, -0.2) is 4.68 Å². The van der Waals surface area contributed by atoms with Gasteiger partial charge < -0.3 is 30.4 Å². The minimum Gasteiger partial charge on any atom is -0.379 e. The van der Waals surface area contributed by atoms with Crippen LogP contribution in [-0.4, -0.2) is 95.1 Å². The highest BCUT2D eigenvalue weighted by Gasteiger charge is 2.39. The number of aryl methyl sites for hydroxylation is 1. The van der Waals surface area contributed by atoms with Crippen LogP contribution in [0.3, 0.4) is 0 Å². The molecule has 266 valence electrons. The number of anilines is 2. The standard InChI is InChI=1S/C38H48BrN7O4/c1-43-23-28(21-29(24-43)41-32-22-40-44(2)37(50)34(32)39)25-3-5-27(6-4-25)36(49)46-19-15-38(16-20-46)13-17-45(18-14-38)30-9-7-26(8-10-30)31-11-12-33(47)42-35(31)48/h3-10,22,28-29,31,35,41,48H,11-21,23-24H2,1-2H3,(H,42,47)/t28-,29+,31+,35?/m1/s1. The van der Waals surface area contributed by atoms with Gasteiger partial charge >= 0.3 is 0 Å². The summed E-state index contributed by atoms with van der Waals surface area (Å²) in [5, 5.41) is 20.7. The molecule has 0 bridgehead atoms. The molecule has 3 aromatic rings. The molecule has 1 aromatic heterocycles. The number of piperidine rings is 4. The van der Waals surface area contributed by atoms with Crippen LogP contribution in [0.15, 0.2) is 64.0 Å². The summed E-state index contributed by atoms with van der Waals surface area (Å²) in [6.45, 7) is 5.39. The predicted octanol–water partition coefficient (Wildman–Crippen LogP) is 4.28. The Kier molecular flexibility index (Phi) is 10.0. The Balaban J connectivity index is 0.900. The number of rotatable bonds is 6. The summed E-state index contributed by atoms with van der Waals surface area (Å²) < 4.78 is 1.81. The van der Waals surface area contributed by atoms with Crippen LogP contribution < -0.4 is 21.1 Å². The summed E-state index contributed by atoms with van der Waals surface area (Å²) in [6, 6.07) is 16.9. The van der Waals surface area contributed by atoms with Crippen LogP contribution in [-0.2, 0) is 11.8 Å². The number of hydrogen-bond donors (Lipinski definition) is 3. The fourth-order valence-corrected chi connectivity index (χ4v) is 9.04. The first-order valence-electron chi connectivity index (χ1n) is 18.0. The van der Waals surface area contributed by atoms with Crippen LogP contribution in [0.1, 0.15) is 78.3 Å². The first-order chi connectivity index (χ1) is 24.1. The third kappa shape index (κ3) is 7.34. The fraction of sp³-hybridized carbons (Fsp3) is 0.526. The lowest BCUT2D eigenvalue weighted by atomic mass is 9.71. The van der Waals surface area contributed by atoms with E-state index in [1.54, 1.807) is 13.2 Å². The predicted molar refractivity (Wildman–Crippen MR) is 197 cm³/mol. The van der Waals surface area contributed by atoms with E-state index in [-0.39, 0.29) is 34.7 Å². The van der Waals surface area contributed by atoms with E-state index < -0.39 is 6.23 Å². The van der Waals surface area contributed by atoms with Crippen molar-refractivity contribution in [1.82, 2.24) is 24.9 Å². The van der Waals surface area contributed by atoms with Gasteiger partial charge in [0.2, 0.25) is 5.91 Å². The molecule has 5 heterocycles. The summed E-state index contributed by atoms with van der Waals surface area (Å²) >= 11 is 3.43. The summed E-state index contributed by atoms with van der Waals surface area (Å²) in [5.74, 6) is 0.278. The minimum atomic E-state index is -0.823. The van der Waals surface area contributed by atoms with Crippen molar-refractivity contribution in [2.75, 3.05) is 56.5 Å². The zero-order valence-corrected chi connectivity index (χ0v) is 30.6. The lowest BCUT2D eigenvalue weighted by molar-refractivity contribution is -0.127. The molecular weight excluding hydrogens is 698 g/mol. The van der Waals surface area contributed by atoms with E-state index in [1.807, 2.05) is 17.0 Å². The van der Waals surface area contributed by atoms with Gasteiger partial charge in [-0.2, -0.15) is 5.10 Å². The van der Waals surface area contributed by atoms with Gasteiger partial charge in [0.1, 0.15) is 10.7 Å². The summed E-state index contributed by atoms with van der Waals surface area (Å²) in [6.07, 6.45) is 7.22. The lowest BCUT2D eigenvalue weighted by Gasteiger charge is -2.47. The Bertz CT molecular complexity index is 1750. The molecule has 0 saturated carbocycles. The van der Waals surface area contributed by atoms with E-state index in [0.29, 0.717) is 28.9 Å². The van der Waals surface area contributed by atoms with E-state index in [2.05, 4.69) is 84.9 Å². The molecule has 4 saturated heterocycles. The van der Waals surface area contributed by atoms with Crippen molar-refractivity contribution < 1.29 is 14.7 Å². The van der Waals surface area contributed by atoms with E-state index >= 15 is 0 Å². The van der Waals surface area contributed by atoms with Crippen LogP contribution in [0.25, 0.3) is 0 Å². The Morgan fingerprint density at radius 2 is 1.60 bits per heavy atom. The molecule has 4 atom stereocenters. The molecule has 50 heavy (non-hydrogen) atoms. The van der Waals surface area contributed by atoms with Crippen molar-refractivity contribution >= 4 is 39.1 Å². The van der Waals surface area contributed by atoms with E-state index in [4.69, 9.17) is 0 Å². The maximum Gasteiger partial charge on any atom is 0.282 e. The summed E-state index contributed by atoms with van der Waals surface area (Å²) in [4.78, 5) is 44.3. The molecule has 0 radical (unpaired) electrons. The zero-order chi connectivity index (χ0) is 35.0. The first kappa shape index (κ1) is 34.7. The number of carbonyl (C=O) groups excluding carboxylic acids is 2. The number of hydrogen-bond acceptors (Lipinski definition) is 8. The molecule has 7 rings (SSSR count). The number of likely N-dealkylation sites (tertiary alicyclic amines) is 2. The van der Waals surface area contributed by atoms with Crippen molar-refractivity contribution in [3.05, 3.63) is 86.2 Å². The average Bonchev–Trinajstić information content (AvgIpc) is 3.12. The molecule has 4 aliphatic rings. The number of nitrogens with zero attached hydrogens (tertiary/aromatic N) is 5. The van der Waals surface area contributed by atoms with Crippen molar-refractivity contribution in [3.8, 4) is 0 Å². The van der Waals surface area contributed by atoms with Gasteiger partial charge in [-0.3, -0.25) is 14.4 Å².